The van der Waals surface area contributed by atoms with Gasteiger partial charge in [0.25, 0.3) is 0 Å². The number of aromatic nitrogens is 1. The molecule has 1 aromatic rings. The topological polar surface area (TPSA) is 36.4 Å². The number of carbonyl (C=O) groups is 1. The lowest BCUT2D eigenvalue weighted by Crippen LogP contribution is -2.35. The van der Waals surface area contributed by atoms with Gasteiger partial charge in [-0.05, 0) is 51.0 Å². The fourth-order valence-electron chi connectivity index (χ4n) is 2.56. The Hall–Kier alpha value is -1.42. The summed E-state index contributed by atoms with van der Waals surface area (Å²) in [5.74, 6) is 0.776. The van der Waals surface area contributed by atoms with Gasteiger partial charge in [0.05, 0.1) is 11.9 Å². The van der Waals surface area contributed by atoms with E-state index in [0.717, 1.165) is 18.2 Å². The second-order valence-electron chi connectivity index (χ2n) is 5.58. The van der Waals surface area contributed by atoms with E-state index in [4.69, 9.17) is 0 Å². The molecule has 1 saturated heterocycles. The van der Waals surface area contributed by atoms with Crippen molar-refractivity contribution in [2.24, 2.45) is 5.92 Å². The Kier molecular flexibility index (Phi) is 4.53. The van der Waals surface area contributed by atoms with Gasteiger partial charge in [-0.25, -0.2) is 0 Å². The number of hydrogen-bond donors (Lipinski definition) is 0. The van der Waals surface area contributed by atoms with E-state index in [2.05, 4.69) is 28.9 Å². The number of nitrogens with zero attached hydrogens (tertiary/aromatic N) is 3. The van der Waals surface area contributed by atoms with Gasteiger partial charge in [-0.15, -0.1) is 0 Å². The van der Waals surface area contributed by atoms with Crippen molar-refractivity contribution in [3.63, 3.8) is 0 Å². The van der Waals surface area contributed by atoms with E-state index in [9.17, 15) is 4.79 Å². The third-order valence-corrected chi connectivity index (χ3v) is 3.92. The largest absolute Gasteiger partial charge is 0.373 e. The Balaban J connectivity index is 1.92. The zero-order valence-electron chi connectivity index (χ0n) is 12.1. The summed E-state index contributed by atoms with van der Waals surface area (Å²) < 4.78 is 0. The second-order valence-corrected chi connectivity index (χ2v) is 5.58. The Morgan fingerprint density at radius 1 is 1.42 bits per heavy atom. The highest BCUT2D eigenvalue weighted by Gasteiger charge is 2.18. The Bertz CT molecular complexity index is 422. The lowest BCUT2D eigenvalue weighted by molar-refractivity contribution is 0.101. The molecule has 0 spiro atoms. The molecule has 0 bridgehead atoms. The molecule has 1 fully saturated rings. The average molecular weight is 261 g/mol. The minimum atomic E-state index is 0.0181. The molecule has 1 aliphatic heterocycles. The van der Waals surface area contributed by atoms with Crippen molar-refractivity contribution in [3.8, 4) is 0 Å². The Labute approximate surface area is 115 Å². The molecule has 0 amide bonds. The maximum atomic E-state index is 11.2. The van der Waals surface area contributed by atoms with Gasteiger partial charge in [0.15, 0.2) is 5.78 Å². The Morgan fingerprint density at radius 3 is 2.63 bits per heavy atom. The minimum Gasteiger partial charge on any atom is -0.373 e. The van der Waals surface area contributed by atoms with Crippen LogP contribution in [0.1, 0.15) is 30.3 Å². The van der Waals surface area contributed by atoms with Crippen LogP contribution in [0.2, 0.25) is 0 Å². The number of carbonyl (C=O) groups excluding carboxylic acids is 1. The summed E-state index contributed by atoms with van der Waals surface area (Å²) in [5, 5.41) is 0. The number of ketones is 1. The molecule has 4 nitrogen and oxygen atoms in total. The average Bonchev–Trinajstić information content (AvgIpc) is 2.41. The molecular weight excluding hydrogens is 238 g/mol. The standard InChI is InChI=1S/C15H23N3O/c1-12(19)15-5-4-14(10-16-15)18(3)11-13-6-8-17(2)9-7-13/h4-5,10,13H,6-9,11H2,1-3H3. The SMILES string of the molecule is CC(=O)c1ccc(N(C)CC2CCN(C)CC2)cn1. The number of piperidine rings is 1. The van der Waals surface area contributed by atoms with Crippen molar-refractivity contribution in [1.82, 2.24) is 9.88 Å². The van der Waals surface area contributed by atoms with Crippen LogP contribution in [-0.2, 0) is 0 Å². The maximum Gasteiger partial charge on any atom is 0.178 e. The zero-order chi connectivity index (χ0) is 13.8. The highest BCUT2D eigenvalue weighted by atomic mass is 16.1. The molecular formula is C15H23N3O. The smallest absolute Gasteiger partial charge is 0.178 e. The van der Waals surface area contributed by atoms with Gasteiger partial charge in [0.1, 0.15) is 5.69 Å². The van der Waals surface area contributed by atoms with Crippen LogP contribution < -0.4 is 4.90 Å². The van der Waals surface area contributed by atoms with Gasteiger partial charge in [0.2, 0.25) is 0 Å². The molecule has 2 heterocycles. The first-order valence-electron chi connectivity index (χ1n) is 6.93. The van der Waals surface area contributed by atoms with Crippen LogP contribution in [0.3, 0.4) is 0 Å². The second kappa shape index (κ2) is 6.15. The normalized spacial score (nSPS) is 17.4. The minimum absolute atomic E-state index is 0.0181. The molecule has 0 atom stereocenters. The van der Waals surface area contributed by atoms with Crippen LogP contribution in [0.25, 0.3) is 0 Å². The number of rotatable bonds is 4. The van der Waals surface area contributed by atoms with Gasteiger partial charge in [-0.1, -0.05) is 0 Å². The molecule has 1 aromatic heterocycles. The lowest BCUT2D eigenvalue weighted by Gasteiger charge is -2.32. The van der Waals surface area contributed by atoms with E-state index >= 15 is 0 Å². The summed E-state index contributed by atoms with van der Waals surface area (Å²) in [7, 11) is 4.28. The van der Waals surface area contributed by atoms with Gasteiger partial charge < -0.3 is 9.80 Å². The first-order valence-corrected chi connectivity index (χ1v) is 6.93. The van der Waals surface area contributed by atoms with Gasteiger partial charge >= 0.3 is 0 Å². The fourth-order valence-corrected chi connectivity index (χ4v) is 2.56. The van der Waals surface area contributed by atoms with Gasteiger partial charge in [0, 0.05) is 20.5 Å². The number of pyridine rings is 1. The van der Waals surface area contributed by atoms with E-state index < -0.39 is 0 Å². The van der Waals surface area contributed by atoms with E-state index in [1.165, 1.54) is 25.9 Å². The number of Topliss-reactive ketones (excluding diaryl/α,β-unsaturated/α-hetero) is 1. The third kappa shape index (κ3) is 3.77. The van der Waals surface area contributed by atoms with Crippen molar-refractivity contribution >= 4 is 11.5 Å². The summed E-state index contributed by atoms with van der Waals surface area (Å²) in [4.78, 5) is 20.0. The zero-order valence-corrected chi connectivity index (χ0v) is 12.1. The van der Waals surface area contributed by atoms with Crippen molar-refractivity contribution in [2.75, 3.05) is 38.6 Å². The van der Waals surface area contributed by atoms with Crippen LogP contribution in [0.4, 0.5) is 5.69 Å². The predicted octanol–water partition coefficient (Wildman–Crippen LogP) is 2.06. The summed E-state index contributed by atoms with van der Waals surface area (Å²) in [5.41, 5.74) is 1.63. The molecule has 0 N–H and O–H groups in total. The first-order chi connectivity index (χ1) is 9.06. The van der Waals surface area contributed by atoms with Crippen molar-refractivity contribution in [2.45, 2.75) is 19.8 Å². The highest BCUT2D eigenvalue weighted by molar-refractivity contribution is 5.92. The van der Waals surface area contributed by atoms with Gasteiger partial charge in [-0.3, -0.25) is 9.78 Å². The van der Waals surface area contributed by atoms with Crippen LogP contribution in [0, 0.1) is 5.92 Å². The molecule has 19 heavy (non-hydrogen) atoms. The first kappa shape index (κ1) is 14.0. The molecule has 104 valence electrons. The molecule has 4 heteroatoms. The monoisotopic (exact) mass is 261 g/mol. The van der Waals surface area contributed by atoms with Crippen LogP contribution in [0.15, 0.2) is 18.3 Å². The lowest BCUT2D eigenvalue weighted by atomic mass is 9.96. The maximum absolute atomic E-state index is 11.2. The van der Waals surface area contributed by atoms with E-state index in [1.54, 1.807) is 13.1 Å². The molecule has 1 aliphatic rings. The molecule has 2 rings (SSSR count). The van der Waals surface area contributed by atoms with Crippen molar-refractivity contribution < 1.29 is 4.79 Å². The number of likely N-dealkylation sites (tertiary alicyclic amines) is 1. The molecule has 0 aromatic carbocycles. The quantitative estimate of drug-likeness (QED) is 0.777. The molecule has 0 radical (unpaired) electrons. The van der Waals surface area contributed by atoms with E-state index in [0.29, 0.717) is 5.69 Å². The predicted molar refractivity (Wildman–Crippen MR) is 77.7 cm³/mol. The van der Waals surface area contributed by atoms with Crippen LogP contribution in [0.5, 0.6) is 0 Å². The molecule has 0 aliphatic carbocycles. The van der Waals surface area contributed by atoms with E-state index in [1.807, 2.05) is 12.1 Å². The molecule has 0 saturated carbocycles. The summed E-state index contributed by atoms with van der Waals surface area (Å²) in [6, 6.07) is 3.79. The highest BCUT2D eigenvalue weighted by Crippen LogP contribution is 2.20. The summed E-state index contributed by atoms with van der Waals surface area (Å²) in [6.45, 7) is 5.00. The van der Waals surface area contributed by atoms with Crippen molar-refractivity contribution in [1.29, 1.82) is 0 Å². The summed E-state index contributed by atoms with van der Waals surface area (Å²) >= 11 is 0. The molecule has 0 unspecified atom stereocenters. The van der Waals surface area contributed by atoms with Crippen LogP contribution in [-0.4, -0.2) is 49.4 Å². The van der Waals surface area contributed by atoms with E-state index in [-0.39, 0.29) is 5.78 Å². The van der Waals surface area contributed by atoms with Crippen molar-refractivity contribution in [3.05, 3.63) is 24.0 Å². The number of anilines is 1. The Morgan fingerprint density at radius 2 is 2.11 bits per heavy atom. The fraction of sp³-hybridized carbons (Fsp3) is 0.600. The van der Waals surface area contributed by atoms with Crippen LogP contribution >= 0.6 is 0 Å². The summed E-state index contributed by atoms with van der Waals surface area (Å²) in [6.07, 6.45) is 4.32. The third-order valence-electron chi connectivity index (χ3n) is 3.92. The van der Waals surface area contributed by atoms with Gasteiger partial charge in [-0.2, -0.15) is 0 Å². The number of hydrogen-bond acceptors (Lipinski definition) is 4.